The van der Waals surface area contributed by atoms with E-state index in [1.165, 1.54) is 11.8 Å². The van der Waals surface area contributed by atoms with Crippen LogP contribution in [-0.2, 0) is 4.79 Å². The van der Waals surface area contributed by atoms with Crippen molar-refractivity contribution < 1.29 is 9.53 Å². The maximum absolute atomic E-state index is 12.4. The Balaban J connectivity index is 1.74. The number of nitrogens with zero attached hydrogens (tertiary/aromatic N) is 4. The van der Waals surface area contributed by atoms with Gasteiger partial charge in [-0.1, -0.05) is 35.5 Å². The molecule has 1 N–H and O–H groups in total. The second-order valence-corrected chi connectivity index (χ2v) is 7.05. The van der Waals surface area contributed by atoms with Crippen LogP contribution in [0.2, 0.25) is 5.02 Å². The third-order valence-corrected chi connectivity index (χ3v) is 4.80. The largest absolute Gasteiger partial charge is 0.494 e. The fraction of sp³-hybridized carbons (Fsp3) is 0.176. The van der Waals surface area contributed by atoms with Gasteiger partial charge in [0, 0.05) is 10.7 Å². The molecule has 0 radical (unpaired) electrons. The lowest BCUT2D eigenvalue weighted by Crippen LogP contribution is -2.22. The third-order valence-electron chi connectivity index (χ3n) is 3.52. The molecule has 0 saturated heterocycles. The highest BCUT2D eigenvalue weighted by Gasteiger charge is 2.20. The van der Waals surface area contributed by atoms with E-state index >= 15 is 0 Å². The fourth-order valence-corrected chi connectivity index (χ4v) is 3.12. The van der Waals surface area contributed by atoms with E-state index in [1.54, 1.807) is 43.0 Å². The lowest BCUT2D eigenvalue weighted by Gasteiger charge is -2.13. The molecule has 26 heavy (non-hydrogen) atoms. The van der Waals surface area contributed by atoms with Gasteiger partial charge in [-0.3, -0.25) is 4.79 Å². The molecule has 0 spiro atoms. The smallest absolute Gasteiger partial charge is 0.237 e. The number of ether oxygens (including phenoxy) is 1. The van der Waals surface area contributed by atoms with E-state index in [0.717, 1.165) is 0 Å². The van der Waals surface area contributed by atoms with Crippen LogP contribution in [0.3, 0.4) is 0 Å². The van der Waals surface area contributed by atoms with Crippen molar-refractivity contribution in [2.75, 3.05) is 12.4 Å². The van der Waals surface area contributed by atoms with Crippen molar-refractivity contribution >= 4 is 35.0 Å². The van der Waals surface area contributed by atoms with Gasteiger partial charge in [0.2, 0.25) is 11.1 Å². The second-order valence-electron chi connectivity index (χ2n) is 5.30. The summed E-state index contributed by atoms with van der Waals surface area (Å²) in [4.78, 5) is 12.4. The van der Waals surface area contributed by atoms with Gasteiger partial charge in [-0.05, 0) is 53.7 Å². The van der Waals surface area contributed by atoms with Gasteiger partial charge in [0.1, 0.15) is 11.4 Å². The first-order valence-corrected chi connectivity index (χ1v) is 8.99. The van der Waals surface area contributed by atoms with Gasteiger partial charge in [0.15, 0.2) is 0 Å². The second kappa shape index (κ2) is 8.20. The maximum atomic E-state index is 12.4. The number of halogens is 1. The summed E-state index contributed by atoms with van der Waals surface area (Å²) >= 11 is 7.11. The monoisotopic (exact) mass is 389 g/mol. The Bertz CT molecular complexity index is 900. The number of nitrogens with one attached hydrogen (secondary N) is 1. The number of anilines is 1. The number of para-hydroxylation sites is 2. The minimum Gasteiger partial charge on any atom is -0.494 e. The molecule has 2 aromatic carbocycles. The minimum atomic E-state index is -0.412. The van der Waals surface area contributed by atoms with E-state index in [0.29, 0.717) is 27.3 Å². The molecule has 0 aliphatic carbocycles. The van der Waals surface area contributed by atoms with Gasteiger partial charge in [-0.15, -0.1) is 5.10 Å². The SMILES string of the molecule is COc1ccccc1-n1nnnc1S[C@@H](C)C(=O)Nc1ccc(Cl)cc1. The highest BCUT2D eigenvalue weighted by atomic mass is 35.5. The molecule has 0 bridgehead atoms. The molecule has 9 heteroatoms. The molecule has 0 saturated carbocycles. The van der Waals surface area contributed by atoms with Crippen molar-refractivity contribution in [3.8, 4) is 11.4 Å². The van der Waals surface area contributed by atoms with E-state index in [4.69, 9.17) is 16.3 Å². The third kappa shape index (κ3) is 4.14. The van der Waals surface area contributed by atoms with Crippen LogP contribution in [0, 0.1) is 0 Å². The zero-order valence-electron chi connectivity index (χ0n) is 14.1. The normalized spacial score (nSPS) is 11.8. The molecule has 7 nitrogen and oxygen atoms in total. The molecule has 0 fully saturated rings. The summed E-state index contributed by atoms with van der Waals surface area (Å²) < 4.78 is 6.90. The number of carbonyl (C=O) groups excluding carboxylic acids is 1. The van der Waals surface area contributed by atoms with Crippen LogP contribution < -0.4 is 10.1 Å². The van der Waals surface area contributed by atoms with Crippen LogP contribution in [0.25, 0.3) is 5.69 Å². The predicted octanol–water partition coefficient (Wildman–Crippen LogP) is 3.44. The molecule has 0 unspecified atom stereocenters. The van der Waals surface area contributed by atoms with E-state index in [-0.39, 0.29) is 5.91 Å². The first-order chi connectivity index (χ1) is 12.6. The number of hydrogen-bond donors (Lipinski definition) is 1. The maximum Gasteiger partial charge on any atom is 0.237 e. The number of methoxy groups -OCH3 is 1. The summed E-state index contributed by atoms with van der Waals surface area (Å²) in [6.45, 7) is 1.79. The van der Waals surface area contributed by atoms with Gasteiger partial charge < -0.3 is 10.1 Å². The van der Waals surface area contributed by atoms with Crippen molar-refractivity contribution in [3.05, 3.63) is 53.6 Å². The van der Waals surface area contributed by atoms with Gasteiger partial charge in [-0.25, -0.2) is 0 Å². The number of benzene rings is 2. The highest BCUT2D eigenvalue weighted by Crippen LogP contribution is 2.28. The number of aromatic nitrogens is 4. The Morgan fingerprint density at radius 3 is 2.69 bits per heavy atom. The van der Waals surface area contributed by atoms with Gasteiger partial charge in [0.25, 0.3) is 0 Å². The molecule has 3 aromatic rings. The molecule has 134 valence electrons. The van der Waals surface area contributed by atoms with E-state index < -0.39 is 5.25 Å². The van der Waals surface area contributed by atoms with Gasteiger partial charge in [-0.2, -0.15) is 4.68 Å². The van der Waals surface area contributed by atoms with Crippen LogP contribution in [0.15, 0.2) is 53.7 Å². The molecular formula is C17H16ClN5O2S. The summed E-state index contributed by atoms with van der Waals surface area (Å²) in [5, 5.41) is 15.3. The van der Waals surface area contributed by atoms with Crippen molar-refractivity contribution in [2.45, 2.75) is 17.3 Å². The molecule has 0 aliphatic heterocycles. The van der Waals surface area contributed by atoms with E-state index in [2.05, 4.69) is 20.8 Å². The molecule has 1 heterocycles. The molecule has 0 aliphatic rings. The Labute approximate surface area is 159 Å². The zero-order valence-corrected chi connectivity index (χ0v) is 15.7. The van der Waals surface area contributed by atoms with E-state index in [1.807, 2.05) is 24.3 Å². The van der Waals surface area contributed by atoms with Gasteiger partial charge >= 0.3 is 0 Å². The molecule has 1 aromatic heterocycles. The number of hydrogen-bond acceptors (Lipinski definition) is 6. The zero-order chi connectivity index (χ0) is 18.5. The van der Waals surface area contributed by atoms with Crippen molar-refractivity contribution in [2.24, 2.45) is 0 Å². The quantitative estimate of drug-likeness (QED) is 0.650. The number of tetrazole rings is 1. The lowest BCUT2D eigenvalue weighted by molar-refractivity contribution is -0.115. The first kappa shape index (κ1) is 18.2. The number of amides is 1. The highest BCUT2D eigenvalue weighted by molar-refractivity contribution is 8.00. The van der Waals surface area contributed by atoms with Crippen molar-refractivity contribution in [3.63, 3.8) is 0 Å². The Kier molecular flexibility index (Phi) is 5.75. The molecule has 3 rings (SSSR count). The van der Waals surface area contributed by atoms with Crippen LogP contribution in [0.1, 0.15) is 6.92 Å². The van der Waals surface area contributed by atoms with Crippen molar-refractivity contribution in [1.82, 2.24) is 20.2 Å². The van der Waals surface area contributed by atoms with Gasteiger partial charge in [0.05, 0.1) is 12.4 Å². The minimum absolute atomic E-state index is 0.160. The Morgan fingerprint density at radius 2 is 1.96 bits per heavy atom. The van der Waals surface area contributed by atoms with Crippen LogP contribution in [0.4, 0.5) is 5.69 Å². The predicted molar refractivity (Wildman–Crippen MR) is 101 cm³/mol. The average molecular weight is 390 g/mol. The summed E-state index contributed by atoms with van der Waals surface area (Å²) in [6, 6.07) is 14.3. The topological polar surface area (TPSA) is 81.9 Å². The van der Waals surface area contributed by atoms with Crippen LogP contribution >= 0.6 is 23.4 Å². The standard InChI is InChI=1S/C17H16ClN5O2S/c1-11(16(24)19-13-9-7-12(18)8-10-13)26-17-20-21-22-23(17)14-5-3-4-6-15(14)25-2/h3-11H,1-2H3,(H,19,24)/t11-/m0/s1. The summed E-state index contributed by atoms with van der Waals surface area (Å²) in [5.41, 5.74) is 1.38. The van der Waals surface area contributed by atoms with Crippen LogP contribution in [-0.4, -0.2) is 38.5 Å². The summed E-state index contributed by atoms with van der Waals surface area (Å²) in [6.07, 6.45) is 0. The average Bonchev–Trinajstić information content (AvgIpc) is 3.11. The van der Waals surface area contributed by atoms with Crippen molar-refractivity contribution in [1.29, 1.82) is 0 Å². The number of rotatable bonds is 6. The fourth-order valence-electron chi connectivity index (χ4n) is 2.20. The summed E-state index contributed by atoms with van der Waals surface area (Å²) in [5.74, 6) is 0.479. The lowest BCUT2D eigenvalue weighted by atomic mass is 10.3. The molecular weight excluding hydrogens is 374 g/mol. The first-order valence-electron chi connectivity index (χ1n) is 7.73. The van der Waals surface area contributed by atoms with Crippen LogP contribution in [0.5, 0.6) is 5.75 Å². The Hall–Kier alpha value is -2.58. The Morgan fingerprint density at radius 1 is 1.23 bits per heavy atom. The van der Waals surface area contributed by atoms with E-state index in [9.17, 15) is 4.79 Å². The molecule has 1 amide bonds. The molecule has 1 atom stereocenters. The number of thioether (sulfide) groups is 1. The summed E-state index contributed by atoms with van der Waals surface area (Å²) in [7, 11) is 1.58. The number of carbonyl (C=O) groups is 1.